The summed E-state index contributed by atoms with van der Waals surface area (Å²) in [7, 11) is 3.20. The molecule has 0 fully saturated rings. The highest BCUT2D eigenvalue weighted by Crippen LogP contribution is 2.21. The van der Waals surface area contributed by atoms with Gasteiger partial charge in [0, 0.05) is 19.8 Å². The van der Waals surface area contributed by atoms with E-state index in [0.29, 0.717) is 0 Å². The Labute approximate surface area is 72.5 Å². The van der Waals surface area contributed by atoms with Crippen molar-refractivity contribution >= 4 is 0 Å². The molecule has 0 aromatic carbocycles. The van der Waals surface area contributed by atoms with Gasteiger partial charge in [-0.2, -0.15) is 0 Å². The van der Waals surface area contributed by atoms with E-state index in [1.165, 1.54) is 0 Å². The summed E-state index contributed by atoms with van der Waals surface area (Å²) in [4.78, 5) is 0. The van der Waals surface area contributed by atoms with E-state index in [2.05, 4.69) is 12.3 Å². The van der Waals surface area contributed by atoms with Crippen LogP contribution in [0.1, 0.15) is 0 Å². The van der Waals surface area contributed by atoms with E-state index < -0.39 is 5.79 Å². The molecule has 0 saturated heterocycles. The number of ether oxygens (including phenoxy) is 2. The molecule has 0 bridgehead atoms. The smallest absolute Gasteiger partial charge is 0.208 e. The molecule has 0 aliphatic heterocycles. The topological polar surface area (TPSA) is 18.5 Å². The van der Waals surface area contributed by atoms with Crippen molar-refractivity contribution in [3.63, 3.8) is 0 Å². The molecule has 0 amide bonds. The summed E-state index contributed by atoms with van der Waals surface area (Å²) in [5.41, 5.74) is 3.70. The van der Waals surface area contributed by atoms with Crippen molar-refractivity contribution < 1.29 is 9.47 Å². The van der Waals surface area contributed by atoms with Crippen LogP contribution in [0.4, 0.5) is 0 Å². The summed E-state index contributed by atoms with van der Waals surface area (Å²) in [6, 6.07) is 0. The Morgan fingerprint density at radius 2 is 1.75 bits per heavy atom. The maximum absolute atomic E-state index is 5.16. The molecule has 64 valence electrons. The van der Waals surface area contributed by atoms with E-state index in [-0.39, 0.29) is 0 Å². The van der Waals surface area contributed by atoms with Crippen LogP contribution >= 0.6 is 0 Å². The van der Waals surface area contributed by atoms with E-state index in [0.717, 1.165) is 5.57 Å². The van der Waals surface area contributed by atoms with Crippen LogP contribution in [0.25, 0.3) is 0 Å². The van der Waals surface area contributed by atoms with Crippen molar-refractivity contribution in [2.45, 2.75) is 5.79 Å². The van der Waals surface area contributed by atoms with Gasteiger partial charge in [0.25, 0.3) is 0 Å². The Bertz CT molecular complexity index is 246. The maximum Gasteiger partial charge on any atom is 0.208 e. The molecule has 0 heterocycles. The summed E-state index contributed by atoms with van der Waals surface area (Å²) < 4.78 is 10.3. The molecule has 0 atom stereocenters. The van der Waals surface area contributed by atoms with Crippen LogP contribution in [-0.2, 0) is 9.47 Å². The molecule has 0 radical (unpaired) electrons. The second-order valence-electron chi connectivity index (χ2n) is 2.43. The lowest BCUT2D eigenvalue weighted by atomic mass is 10.1. The lowest BCUT2D eigenvalue weighted by Crippen LogP contribution is -2.29. The van der Waals surface area contributed by atoms with Crippen LogP contribution in [0.3, 0.4) is 0 Å². The fourth-order valence-electron chi connectivity index (χ4n) is 0.996. The van der Waals surface area contributed by atoms with Crippen molar-refractivity contribution in [1.29, 1.82) is 0 Å². The van der Waals surface area contributed by atoms with Crippen molar-refractivity contribution in [3.8, 4) is 0 Å². The van der Waals surface area contributed by atoms with Crippen molar-refractivity contribution in [1.82, 2.24) is 0 Å². The molecule has 0 unspecified atom stereocenters. The standard InChI is InChI=1S/C10H12O2/c1-4-9-5-7-10(11-2,12-3)8-6-9/h5-8H,1H2,2-3H3. The SMILES string of the molecule is C=C=C1C=CC(OC)(OC)C=C1. The van der Waals surface area contributed by atoms with Gasteiger partial charge in [-0.3, -0.25) is 0 Å². The summed E-state index contributed by atoms with van der Waals surface area (Å²) in [5.74, 6) is -0.708. The molecule has 1 aliphatic carbocycles. The van der Waals surface area contributed by atoms with E-state index in [9.17, 15) is 0 Å². The second-order valence-corrected chi connectivity index (χ2v) is 2.43. The first kappa shape index (κ1) is 9.01. The zero-order valence-electron chi connectivity index (χ0n) is 7.33. The third-order valence-electron chi connectivity index (χ3n) is 1.83. The molecular weight excluding hydrogens is 152 g/mol. The van der Waals surface area contributed by atoms with Crippen LogP contribution < -0.4 is 0 Å². The molecule has 0 aromatic heterocycles. The molecule has 0 N–H and O–H groups in total. The van der Waals surface area contributed by atoms with Crippen molar-refractivity contribution in [2.24, 2.45) is 0 Å². The molecule has 0 spiro atoms. The van der Waals surface area contributed by atoms with Gasteiger partial charge in [0.15, 0.2) is 0 Å². The average molecular weight is 164 g/mol. The van der Waals surface area contributed by atoms with Crippen molar-refractivity contribution in [2.75, 3.05) is 14.2 Å². The largest absolute Gasteiger partial charge is 0.346 e. The average Bonchev–Trinajstić information content (AvgIpc) is 2.18. The van der Waals surface area contributed by atoms with Gasteiger partial charge >= 0.3 is 0 Å². The number of allylic oxidation sites excluding steroid dienone is 3. The zero-order chi connectivity index (χ0) is 9.03. The normalized spacial score (nSPS) is 19.3. The Balaban J connectivity index is 2.89. The Morgan fingerprint density at radius 3 is 2.08 bits per heavy atom. The highest BCUT2D eigenvalue weighted by atomic mass is 16.7. The first-order chi connectivity index (χ1) is 5.76. The Morgan fingerprint density at radius 1 is 1.25 bits per heavy atom. The monoisotopic (exact) mass is 164 g/mol. The summed E-state index contributed by atoms with van der Waals surface area (Å²) in [5, 5.41) is 0. The maximum atomic E-state index is 5.16. The summed E-state index contributed by atoms with van der Waals surface area (Å²) in [6.45, 7) is 3.54. The van der Waals surface area contributed by atoms with Gasteiger partial charge in [0.05, 0.1) is 0 Å². The first-order valence-corrected chi connectivity index (χ1v) is 3.65. The van der Waals surface area contributed by atoms with Gasteiger partial charge in [-0.1, -0.05) is 6.58 Å². The Hall–Kier alpha value is -1.08. The molecule has 1 aliphatic rings. The number of methoxy groups -OCH3 is 2. The molecule has 2 heteroatoms. The summed E-state index contributed by atoms with van der Waals surface area (Å²) >= 11 is 0. The van der Waals surface area contributed by atoms with Gasteiger partial charge in [-0.05, 0) is 24.3 Å². The fourth-order valence-corrected chi connectivity index (χ4v) is 0.996. The van der Waals surface area contributed by atoms with Gasteiger partial charge < -0.3 is 9.47 Å². The second kappa shape index (κ2) is 3.55. The van der Waals surface area contributed by atoms with Gasteiger partial charge in [-0.15, -0.1) is 5.73 Å². The van der Waals surface area contributed by atoms with E-state index in [1.807, 2.05) is 24.3 Å². The lowest BCUT2D eigenvalue weighted by molar-refractivity contribution is -0.133. The van der Waals surface area contributed by atoms with Gasteiger partial charge in [0.1, 0.15) is 0 Å². The third-order valence-corrected chi connectivity index (χ3v) is 1.83. The zero-order valence-corrected chi connectivity index (χ0v) is 7.33. The predicted octanol–water partition coefficient (Wildman–Crippen LogP) is 1.81. The van der Waals surface area contributed by atoms with Crippen LogP contribution in [0, 0.1) is 0 Å². The fraction of sp³-hybridized carbons (Fsp3) is 0.300. The third kappa shape index (κ3) is 1.56. The minimum atomic E-state index is -0.708. The van der Waals surface area contributed by atoms with E-state index in [4.69, 9.17) is 9.47 Å². The minimum Gasteiger partial charge on any atom is -0.346 e. The van der Waals surface area contributed by atoms with Crippen LogP contribution in [0.2, 0.25) is 0 Å². The highest BCUT2D eigenvalue weighted by Gasteiger charge is 2.23. The molecule has 2 nitrogen and oxygen atoms in total. The molecule has 12 heavy (non-hydrogen) atoms. The van der Waals surface area contributed by atoms with E-state index in [1.54, 1.807) is 14.2 Å². The van der Waals surface area contributed by atoms with Crippen LogP contribution in [0.15, 0.2) is 42.2 Å². The quantitative estimate of drug-likeness (QED) is 0.457. The van der Waals surface area contributed by atoms with Gasteiger partial charge in [-0.25, -0.2) is 0 Å². The Kier molecular flexibility index (Phi) is 2.66. The first-order valence-electron chi connectivity index (χ1n) is 3.65. The predicted molar refractivity (Wildman–Crippen MR) is 47.7 cm³/mol. The molecule has 0 saturated carbocycles. The minimum absolute atomic E-state index is 0.708. The molecule has 1 rings (SSSR count). The molecular formula is C10H12O2. The molecule has 0 aromatic rings. The highest BCUT2D eigenvalue weighted by molar-refractivity contribution is 5.37. The number of hydrogen-bond acceptors (Lipinski definition) is 2. The number of rotatable bonds is 2. The lowest BCUT2D eigenvalue weighted by Gasteiger charge is -2.25. The number of hydrogen-bond donors (Lipinski definition) is 0. The van der Waals surface area contributed by atoms with Gasteiger partial charge in [0.2, 0.25) is 5.79 Å². The van der Waals surface area contributed by atoms with E-state index >= 15 is 0 Å². The van der Waals surface area contributed by atoms with Crippen LogP contribution in [0.5, 0.6) is 0 Å². The van der Waals surface area contributed by atoms with Crippen molar-refractivity contribution in [3.05, 3.63) is 42.2 Å². The summed E-state index contributed by atoms with van der Waals surface area (Å²) in [6.07, 6.45) is 7.36. The van der Waals surface area contributed by atoms with Crippen LogP contribution in [-0.4, -0.2) is 20.0 Å².